The third kappa shape index (κ3) is 4.59. The summed E-state index contributed by atoms with van der Waals surface area (Å²) in [5.41, 5.74) is -1.35. The van der Waals surface area contributed by atoms with Gasteiger partial charge < -0.3 is 4.74 Å². The zero-order valence-electron chi connectivity index (χ0n) is 17.3. The summed E-state index contributed by atoms with van der Waals surface area (Å²) in [5.74, 6) is -8.32. The topological polar surface area (TPSA) is 9.23 Å². The van der Waals surface area contributed by atoms with Crippen LogP contribution in [0.2, 0.25) is 0 Å². The van der Waals surface area contributed by atoms with Gasteiger partial charge in [0.1, 0.15) is 22.9 Å². The molecule has 0 aliphatic heterocycles. The summed E-state index contributed by atoms with van der Waals surface area (Å²) in [6.07, 6.45) is 3.74. The highest BCUT2D eigenvalue weighted by Crippen LogP contribution is 2.45. The van der Waals surface area contributed by atoms with Crippen LogP contribution in [0.5, 0.6) is 5.75 Å². The van der Waals surface area contributed by atoms with E-state index in [4.69, 9.17) is 0 Å². The first-order valence-electron chi connectivity index (χ1n) is 10.9. The quantitative estimate of drug-likeness (QED) is 0.325. The molecule has 0 radical (unpaired) electrons. The highest BCUT2D eigenvalue weighted by Gasteiger charge is 2.42. The molecule has 32 heavy (non-hydrogen) atoms. The molecule has 2 aromatic carbocycles. The molecular formula is C24H23F7O. The molecule has 0 heterocycles. The maximum absolute atomic E-state index is 14.6. The van der Waals surface area contributed by atoms with Gasteiger partial charge in [-0.3, -0.25) is 0 Å². The standard InChI is InChI=1S/C24H23F7O/c25-18-9-16(15-7-5-14(6-8-15)13-3-1-2-4-13)10-19(26)22(18)24(30,31)32-17-11-20(27)23(29)21(28)12-17/h9-15H,1-8H2. The average Bonchev–Trinajstić information content (AvgIpc) is 3.26. The summed E-state index contributed by atoms with van der Waals surface area (Å²) in [6, 6.07) is 2.11. The summed E-state index contributed by atoms with van der Waals surface area (Å²) in [6.45, 7) is 0. The highest BCUT2D eigenvalue weighted by atomic mass is 19.3. The molecule has 2 fully saturated rings. The molecular weight excluding hydrogens is 437 g/mol. The summed E-state index contributed by atoms with van der Waals surface area (Å²) < 4.78 is 102. The summed E-state index contributed by atoms with van der Waals surface area (Å²) in [4.78, 5) is 0. The Kier molecular flexibility index (Phi) is 6.41. The van der Waals surface area contributed by atoms with E-state index in [1.165, 1.54) is 25.7 Å². The Labute approximate surface area is 181 Å². The fourth-order valence-corrected chi connectivity index (χ4v) is 5.25. The van der Waals surface area contributed by atoms with Gasteiger partial charge in [0, 0.05) is 12.1 Å². The van der Waals surface area contributed by atoms with E-state index in [0.29, 0.717) is 17.4 Å². The molecule has 0 amide bonds. The van der Waals surface area contributed by atoms with Crippen molar-refractivity contribution < 1.29 is 35.5 Å². The third-order valence-electron chi connectivity index (χ3n) is 6.87. The smallest absolute Gasteiger partial charge is 0.429 e. The number of rotatable bonds is 5. The van der Waals surface area contributed by atoms with E-state index in [1.807, 2.05) is 0 Å². The predicted molar refractivity (Wildman–Crippen MR) is 104 cm³/mol. The molecule has 0 aromatic heterocycles. The Balaban J connectivity index is 1.51. The fourth-order valence-electron chi connectivity index (χ4n) is 5.25. The number of halogens is 7. The normalized spacial score (nSPS) is 22.3. The van der Waals surface area contributed by atoms with Gasteiger partial charge in [0.05, 0.1) is 0 Å². The van der Waals surface area contributed by atoms with Crippen molar-refractivity contribution >= 4 is 0 Å². The van der Waals surface area contributed by atoms with Crippen LogP contribution in [-0.2, 0) is 6.11 Å². The monoisotopic (exact) mass is 460 g/mol. The number of benzene rings is 2. The minimum atomic E-state index is -4.57. The second-order valence-corrected chi connectivity index (χ2v) is 8.84. The Morgan fingerprint density at radius 1 is 0.656 bits per heavy atom. The molecule has 1 nitrogen and oxygen atoms in total. The van der Waals surface area contributed by atoms with Crippen LogP contribution in [0, 0.1) is 40.9 Å². The van der Waals surface area contributed by atoms with Crippen LogP contribution in [-0.4, -0.2) is 0 Å². The van der Waals surface area contributed by atoms with Gasteiger partial charge in [0.15, 0.2) is 17.5 Å². The first kappa shape index (κ1) is 22.9. The van der Waals surface area contributed by atoms with Crippen molar-refractivity contribution in [3.8, 4) is 5.75 Å². The lowest BCUT2D eigenvalue weighted by atomic mass is 9.73. The summed E-state index contributed by atoms with van der Waals surface area (Å²) >= 11 is 0. The molecule has 0 spiro atoms. The molecule has 2 aromatic rings. The van der Waals surface area contributed by atoms with Crippen LogP contribution in [0.4, 0.5) is 30.7 Å². The van der Waals surface area contributed by atoms with Gasteiger partial charge in [-0.05, 0) is 61.1 Å². The largest absolute Gasteiger partial charge is 0.432 e. The highest BCUT2D eigenvalue weighted by molar-refractivity contribution is 5.33. The van der Waals surface area contributed by atoms with Crippen molar-refractivity contribution in [1.82, 2.24) is 0 Å². The van der Waals surface area contributed by atoms with Crippen molar-refractivity contribution in [3.63, 3.8) is 0 Å². The van der Waals surface area contributed by atoms with Gasteiger partial charge in [0.2, 0.25) is 0 Å². The molecule has 0 bridgehead atoms. The summed E-state index contributed by atoms with van der Waals surface area (Å²) in [5, 5.41) is 0. The Morgan fingerprint density at radius 2 is 1.16 bits per heavy atom. The molecule has 0 N–H and O–H groups in total. The maximum atomic E-state index is 14.6. The van der Waals surface area contributed by atoms with Gasteiger partial charge in [0.25, 0.3) is 0 Å². The Hall–Kier alpha value is -2.25. The molecule has 4 rings (SSSR count). The van der Waals surface area contributed by atoms with Gasteiger partial charge >= 0.3 is 6.11 Å². The third-order valence-corrected chi connectivity index (χ3v) is 6.87. The van der Waals surface area contributed by atoms with Gasteiger partial charge in [-0.1, -0.05) is 25.7 Å². The van der Waals surface area contributed by atoms with Gasteiger partial charge in [-0.15, -0.1) is 0 Å². The lowest BCUT2D eigenvalue weighted by molar-refractivity contribution is -0.189. The van der Waals surface area contributed by atoms with Crippen molar-refractivity contribution in [2.75, 3.05) is 0 Å². The predicted octanol–water partition coefficient (Wildman–Crippen LogP) is 7.97. The second-order valence-electron chi connectivity index (χ2n) is 8.84. The number of ether oxygens (including phenoxy) is 1. The fraction of sp³-hybridized carbons (Fsp3) is 0.500. The minimum Gasteiger partial charge on any atom is -0.429 e. The first-order chi connectivity index (χ1) is 15.2. The van der Waals surface area contributed by atoms with E-state index in [1.54, 1.807) is 0 Å². The minimum absolute atomic E-state index is 0.125. The number of hydrogen-bond acceptors (Lipinski definition) is 1. The van der Waals surface area contributed by atoms with Crippen LogP contribution in [0.1, 0.15) is 68.4 Å². The van der Waals surface area contributed by atoms with Crippen molar-refractivity contribution in [1.29, 1.82) is 0 Å². The van der Waals surface area contributed by atoms with E-state index in [-0.39, 0.29) is 18.1 Å². The molecule has 8 heteroatoms. The molecule has 0 saturated heterocycles. The van der Waals surface area contributed by atoms with Crippen molar-refractivity contribution in [2.45, 2.75) is 63.4 Å². The Bertz CT molecular complexity index is 930. The van der Waals surface area contributed by atoms with Crippen molar-refractivity contribution in [3.05, 3.63) is 64.5 Å². The van der Waals surface area contributed by atoms with Crippen LogP contribution in [0.15, 0.2) is 24.3 Å². The van der Waals surface area contributed by atoms with E-state index in [2.05, 4.69) is 4.74 Å². The van der Waals surface area contributed by atoms with E-state index in [0.717, 1.165) is 37.8 Å². The van der Waals surface area contributed by atoms with Gasteiger partial charge in [-0.25, -0.2) is 22.0 Å². The SMILES string of the molecule is Fc1cc(OC(F)(F)c2c(F)cc(C3CCC(C4CCCC4)CC3)cc2F)cc(F)c1F. The zero-order chi connectivity index (χ0) is 23.0. The number of alkyl halides is 2. The van der Waals surface area contributed by atoms with Crippen LogP contribution >= 0.6 is 0 Å². The molecule has 174 valence electrons. The van der Waals surface area contributed by atoms with E-state index in [9.17, 15) is 30.7 Å². The lowest BCUT2D eigenvalue weighted by Gasteiger charge is -2.32. The van der Waals surface area contributed by atoms with E-state index >= 15 is 0 Å². The molecule has 0 atom stereocenters. The second kappa shape index (κ2) is 8.94. The van der Waals surface area contributed by atoms with Crippen LogP contribution in [0.3, 0.4) is 0 Å². The number of hydrogen-bond donors (Lipinski definition) is 0. The van der Waals surface area contributed by atoms with Crippen molar-refractivity contribution in [2.24, 2.45) is 11.8 Å². The molecule has 2 aliphatic carbocycles. The average molecular weight is 460 g/mol. The first-order valence-corrected chi connectivity index (χ1v) is 10.9. The maximum Gasteiger partial charge on any atom is 0.432 e. The van der Waals surface area contributed by atoms with E-state index < -0.39 is 46.5 Å². The molecule has 0 unspecified atom stereocenters. The summed E-state index contributed by atoms with van der Waals surface area (Å²) in [7, 11) is 0. The van der Waals surface area contributed by atoms with Gasteiger partial charge in [-0.2, -0.15) is 8.78 Å². The molecule has 2 saturated carbocycles. The molecule has 2 aliphatic rings. The lowest BCUT2D eigenvalue weighted by Crippen LogP contribution is -2.26. The van der Waals surface area contributed by atoms with Crippen LogP contribution < -0.4 is 4.74 Å². The zero-order valence-corrected chi connectivity index (χ0v) is 17.3. The van der Waals surface area contributed by atoms with Crippen LogP contribution in [0.25, 0.3) is 0 Å². The Morgan fingerprint density at radius 3 is 1.69 bits per heavy atom.